The third kappa shape index (κ3) is 1.81. The van der Waals surface area contributed by atoms with Crippen LogP contribution in [0, 0.1) is 6.92 Å². The van der Waals surface area contributed by atoms with Gasteiger partial charge in [-0.15, -0.1) is 0 Å². The average molecular weight is 274 g/mol. The lowest BCUT2D eigenvalue weighted by molar-refractivity contribution is 0.430. The number of hydrogen-bond donors (Lipinski definition) is 0. The second-order valence-electron chi connectivity index (χ2n) is 2.83. The molecule has 72 valence electrons. The van der Waals surface area contributed by atoms with Gasteiger partial charge in [0.05, 0.1) is 0 Å². The van der Waals surface area contributed by atoms with Gasteiger partial charge in [-0.1, -0.05) is 22.0 Å². The van der Waals surface area contributed by atoms with E-state index in [1.807, 2.05) is 25.1 Å². The highest BCUT2D eigenvalue weighted by molar-refractivity contribution is 9.10. The standard InChI is InChI=1S/C9H6BrClN2O/c1-5-2-3-6(4-7(5)10)8-12-9(11)13-14-8/h2-4H,1H3. The molecule has 0 amide bonds. The molecule has 0 saturated heterocycles. The lowest BCUT2D eigenvalue weighted by Gasteiger charge is -1.98. The monoisotopic (exact) mass is 272 g/mol. The van der Waals surface area contributed by atoms with Crippen molar-refractivity contribution in [3.63, 3.8) is 0 Å². The SMILES string of the molecule is Cc1ccc(-c2nc(Cl)no2)cc1Br. The van der Waals surface area contributed by atoms with Crippen LogP contribution in [0.1, 0.15) is 5.56 Å². The van der Waals surface area contributed by atoms with Gasteiger partial charge in [0, 0.05) is 10.0 Å². The molecule has 0 bridgehead atoms. The van der Waals surface area contributed by atoms with Crippen LogP contribution in [0.2, 0.25) is 5.28 Å². The van der Waals surface area contributed by atoms with Gasteiger partial charge in [-0.2, -0.15) is 4.98 Å². The number of aromatic nitrogens is 2. The van der Waals surface area contributed by atoms with Gasteiger partial charge in [-0.25, -0.2) is 0 Å². The van der Waals surface area contributed by atoms with Gasteiger partial charge in [-0.3, -0.25) is 0 Å². The molecule has 2 rings (SSSR count). The van der Waals surface area contributed by atoms with Gasteiger partial charge in [-0.05, 0) is 41.4 Å². The van der Waals surface area contributed by atoms with Crippen molar-refractivity contribution in [1.29, 1.82) is 0 Å². The van der Waals surface area contributed by atoms with Crippen molar-refractivity contribution < 1.29 is 4.52 Å². The van der Waals surface area contributed by atoms with E-state index >= 15 is 0 Å². The molecule has 0 spiro atoms. The van der Waals surface area contributed by atoms with E-state index in [0.29, 0.717) is 5.89 Å². The number of halogens is 2. The largest absolute Gasteiger partial charge is 0.333 e. The Morgan fingerprint density at radius 1 is 1.43 bits per heavy atom. The summed E-state index contributed by atoms with van der Waals surface area (Å²) in [7, 11) is 0. The zero-order chi connectivity index (χ0) is 10.1. The van der Waals surface area contributed by atoms with Crippen LogP contribution in [0.4, 0.5) is 0 Å². The Kier molecular flexibility index (Phi) is 2.56. The lowest BCUT2D eigenvalue weighted by Crippen LogP contribution is -1.80. The Morgan fingerprint density at radius 3 is 2.79 bits per heavy atom. The average Bonchev–Trinajstić information content (AvgIpc) is 2.57. The number of benzene rings is 1. The third-order valence-electron chi connectivity index (χ3n) is 1.82. The molecule has 14 heavy (non-hydrogen) atoms. The predicted octanol–water partition coefficient (Wildman–Crippen LogP) is 3.46. The molecule has 5 heteroatoms. The molecule has 0 saturated carbocycles. The van der Waals surface area contributed by atoms with E-state index in [1.165, 1.54) is 0 Å². The summed E-state index contributed by atoms with van der Waals surface area (Å²) in [6.07, 6.45) is 0. The summed E-state index contributed by atoms with van der Waals surface area (Å²) in [5.74, 6) is 0.427. The smallest absolute Gasteiger partial charge is 0.264 e. The molecule has 1 aromatic heterocycles. The first-order valence-corrected chi connectivity index (χ1v) is 5.09. The highest BCUT2D eigenvalue weighted by Crippen LogP contribution is 2.24. The molecule has 0 atom stereocenters. The summed E-state index contributed by atoms with van der Waals surface area (Å²) in [6, 6.07) is 5.79. The van der Waals surface area contributed by atoms with E-state index in [9.17, 15) is 0 Å². The number of rotatable bonds is 1. The molecule has 3 nitrogen and oxygen atoms in total. The Balaban J connectivity index is 2.47. The van der Waals surface area contributed by atoms with Crippen molar-refractivity contribution in [2.75, 3.05) is 0 Å². The van der Waals surface area contributed by atoms with Crippen LogP contribution < -0.4 is 0 Å². The fraction of sp³-hybridized carbons (Fsp3) is 0.111. The first kappa shape index (κ1) is 9.68. The molecule has 1 aromatic carbocycles. The minimum Gasteiger partial charge on any atom is -0.333 e. The van der Waals surface area contributed by atoms with E-state index in [1.54, 1.807) is 0 Å². The van der Waals surface area contributed by atoms with Crippen LogP contribution in [0.15, 0.2) is 27.2 Å². The van der Waals surface area contributed by atoms with Crippen LogP contribution in [0.3, 0.4) is 0 Å². The molecule has 0 aliphatic carbocycles. The minimum atomic E-state index is 0.122. The summed E-state index contributed by atoms with van der Waals surface area (Å²) in [4.78, 5) is 3.92. The molecule has 0 aliphatic rings. The fourth-order valence-corrected chi connectivity index (χ4v) is 1.54. The normalized spacial score (nSPS) is 10.5. The zero-order valence-corrected chi connectivity index (χ0v) is 9.63. The van der Waals surface area contributed by atoms with Crippen LogP contribution >= 0.6 is 27.5 Å². The number of hydrogen-bond acceptors (Lipinski definition) is 3. The van der Waals surface area contributed by atoms with Crippen molar-refractivity contribution in [3.8, 4) is 11.5 Å². The summed E-state index contributed by atoms with van der Waals surface area (Å²) in [6.45, 7) is 2.01. The van der Waals surface area contributed by atoms with Gasteiger partial charge in [0.1, 0.15) is 0 Å². The zero-order valence-electron chi connectivity index (χ0n) is 7.29. The van der Waals surface area contributed by atoms with Crippen LogP contribution in [-0.4, -0.2) is 10.1 Å². The quantitative estimate of drug-likeness (QED) is 0.798. The summed E-state index contributed by atoms with van der Waals surface area (Å²) in [5.41, 5.74) is 2.00. The van der Waals surface area contributed by atoms with Gasteiger partial charge in [0.2, 0.25) is 0 Å². The molecule has 0 aliphatic heterocycles. The Morgan fingerprint density at radius 2 is 2.21 bits per heavy atom. The Labute approximate surface area is 94.2 Å². The summed E-state index contributed by atoms with van der Waals surface area (Å²) >= 11 is 8.98. The molecule has 0 radical (unpaired) electrons. The second-order valence-corrected chi connectivity index (χ2v) is 4.02. The first-order valence-electron chi connectivity index (χ1n) is 3.92. The van der Waals surface area contributed by atoms with Crippen molar-refractivity contribution >= 4 is 27.5 Å². The maximum Gasteiger partial charge on any atom is 0.264 e. The van der Waals surface area contributed by atoms with Crippen molar-refractivity contribution in [2.24, 2.45) is 0 Å². The number of aryl methyl sites for hydroxylation is 1. The van der Waals surface area contributed by atoms with Gasteiger partial charge in [0.15, 0.2) is 0 Å². The van der Waals surface area contributed by atoms with Crippen molar-refractivity contribution in [3.05, 3.63) is 33.5 Å². The van der Waals surface area contributed by atoms with Crippen LogP contribution in [0.5, 0.6) is 0 Å². The molecule has 0 N–H and O–H groups in total. The van der Waals surface area contributed by atoms with E-state index in [4.69, 9.17) is 16.1 Å². The first-order chi connectivity index (χ1) is 6.66. The molecule has 0 unspecified atom stereocenters. The number of nitrogens with zero attached hydrogens (tertiary/aromatic N) is 2. The van der Waals surface area contributed by atoms with Gasteiger partial charge in [0.25, 0.3) is 11.2 Å². The molecule has 1 heterocycles. The van der Waals surface area contributed by atoms with Crippen molar-refractivity contribution in [2.45, 2.75) is 6.92 Å². The lowest BCUT2D eigenvalue weighted by atomic mass is 10.1. The van der Waals surface area contributed by atoms with Gasteiger partial charge >= 0.3 is 0 Å². The van der Waals surface area contributed by atoms with E-state index in [2.05, 4.69) is 26.1 Å². The third-order valence-corrected chi connectivity index (χ3v) is 2.83. The highest BCUT2D eigenvalue weighted by atomic mass is 79.9. The topological polar surface area (TPSA) is 38.9 Å². The second kappa shape index (κ2) is 3.71. The molecular weight excluding hydrogens is 267 g/mol. The van der Waals surface area contributed by atoms with Crippen molar-refractivity contribution in [1.82, 2.24) is 10.1 Å². The van der Waals surface area contributed by atoms with E-state index < -0.39 is 0 Å². The summed E-state index contributed by atoms with van der Waals surface area (Å²) in [5, 5.41) is 3.63. The van der Waals surface area contributed by atoms with E-state index in [-0.39, 0.29) is 5.28 Å². The van der Waals surface area contributed by atoms with E-state index in [0.717, 1.165) is 15.6 Å². The maximum atomic E-state index is 5.55. The Hall–Kier alpha value is -0.870. The molecule has 0 fully saturated rings. The van der Waals surface area contributed by atoms with Crippen LogP contribution in [0.25, 0.3) is 11.5 Å². The highest BCUT2D eigenvalue weighted by Gasteiger charge is 2.07. The minimum absolute atomic E-state index is 0.122. The summed E-state index contributed by atoms with van der Waals surface area (Å²) < 4.78 is 5.94. The fourth-order valence-electron chi connectivity index (χ4n) is 1.05. The molecule has 2 aromatic rings. The van der Waals surface area contributed by atoms with Gasteiger partial charge < -0.3 is 4.52 Å². The van der Waals surface area contributed by atoms with Crippen LogP contribution in [-0.2, 0) is 0 Å². The maximum absolute atomic E-state index is 5.55. The Bertz CT molecular complexity index is 470. The predicted molar refractivity (Wildman–Crippen MR) is 57.2 cm³/mol. The molecular formula is C9H6BrClN2O.